The van der Waals surface area contributed by atoms with E-state index in [2.05, 4.69) is 32.6 Å². The minimum absolute atomic E-state index is 0.402. The lowest BCUT2D eigenvalue weighted by atomic mass is 9.71. The molecule has 0 amide bonds. The van der Waals surface area contributed by atoms with Crippen LogP contribution in [0, 0.1) is 17.3 Å². The van der Waals surface area contributed by atoms with Gasteiger partial charge >= 0.3 is 0 Å². The van der Waals surface area contributed by atoms with Crippen molar-refractivity contribution in [2.24, 2.45) is 23.0 Å². The molecule has 2 unspecified atom stereocenters. The summed E-state index contributed by atoms with van der Waals surface area (Å²) < 4.78 is 0. The van der Waals surface area contributed by atoms with Crippen LogP contribution in [0.25, 0.3) is 0 Å². The minimum Gasteiger partial charge on any atom is -0.326 e. The maximum atomic E-state index is 6.23. The quantitative estimate of drug-likeness (QED) is 0.776. The summed E-state index contributed by atoms with van der Waals surface area (Å²) in [6.45, 7) is 11.9. The Morgan fingerprint density at radius 2 is 1.61 bits per heavy atom. The van der Waals surface area contributed by atoms with Crippen LogP contribution in [0.5, 0.6) is 0 Å². The summed E-state index contributed by atoms with van der Waals surface area (Å²) in [5.41, 5.74) is 6.73. The predicted octanol–water partition coefficient (Wildman–Crippen LogP) is 3.26. The van der Waals surface area contributed by atoms with Gasteiger partial charge in [-0.25, -0.2) is 0 Å². The first kappa shape index (κ1) is 14.3. The van der Waals surface area contributed by atoms with Crippen molar-refractivity contribution in [3.05, 3.63) is 0 Å². The molecular weight excluding hydrogens is 220 g/mol. The van der Waals surface area contributed by atoms with E-state index in [1.165, 1.54) is 38.6 Å². The first-order chi connectivity index (χ1) is 8.38. The molecule has 2 nitrogen and oxygen atoms in total. The Hall–Kier alpha value is -0.0800. The van der Waals surface area contributed by atoms with Crippen molar-refractivity contribution in [3.8, 4) is 0 Å². The van der Waals surface area contributed by atoms with Crippen molar-refractivity contribution in [1.82, 2.24) is 4.90 Å². The van der Waals surface area contributed by atoms with Crippen molar-refractivity contribution >= 4 is 0 Å². The van der Waals surface area contributed by atoms with Gasteiger partial charge in [-0.1, -0.05) is 27.7 Å². The Morgan fingerprint density at radius 1 is 1.00 bits per heavy atom. The molecule has 106 valence electrons. The molecule has 1 aliphatic heterocycles. The van der Waals surface area contributed by atoms with Crippen LogP contribution in [0.2, 0.25) is 0 Å². The standard InChI is InChI=1S/C16H32N2/c1-12-9-10-18(11-15(12)17)14-7-5-13(6-8-14)16(2,3)4/h12-15H,5-11,17H2,1-4H3. The number of hydrogen-bond acceptors (Lipinski definition) is 2. The lowest BCUT2D eigenvalue weighted by Crippen LogP contribution is -2.52. The highest BCUT2D eigenvalue weighted by Crippen LogP contribution is 2.39. The second kappa shape index (κ2) is 5.50. The number of rotatable bonds is 1. The maximum absolute atomic E-state index is 6.23. The molecule has 1 heterocycles. The molecule has 2 N–H and O–H groups in total. The smallest absolute Gasteiger partial charge is 0.0194 e. The number of nitrogens with two attached hydrogens (primary N) is 1. The molecule has 0 aromatic carbocycles. The van der Waals surface area contributed by atoms with Gasteiger partial charge in [-0.05, 0) is 55.9 Å². The average molecular weight is 252 g/mol. The SMILES string of the molecule is CC1CCN(C2CCC(C(C)(C)C)CC2)CC1N. The van der Waals surface area contributed by atoms with E-state index in [0.29, 0.717) is 17.4 Å². The van der Waals surface area contributed by atoms with Gasteiger partial charge in [0.15, 0.2) is 0 Å². The Morgan fingerprint density at radius 3 is 2.11 bits per heavy atom. The topological polar surface area (TPSA) is 29.3 Å². The van der Waals surface area contributed by atoms with E-state index in [1.807, 2.05) is 0 Å². The highest BCUT2D eigenvalue weighted by molar-refractivity contribution is 4.89. The van der Waals surface area contributed by atoms with Crippen LogP contribution in [0.4, 0.5) is 0 Å². The van der Waals surface area contributed by atoms with Crippen LogP contribution in [0.15, 0.2) is 0 Å². The lowest BCUT2D eigenvalue weighted by Gasteiger charge is -2.44. The van der Waals surface area contributed by atoms with Gasteiger partial charge in [0.1, 0.15) is 0 Å². The van der Waals surface area contributed by atoms with Gasteiger partial charge in [0, 0.05) is 18.6 Å². The molecule has 1 saturated carbocycles. The van der Waals surface area contributed by atoms with E-state index >= 15 is 0 Å². The molecule has 2 rings (SSSR count). The summed E-state index contributed by atoms with van der Waals surface area (Å²) in [6, 6.07) is 1.22. The fourth-order valence-electron chi connectivity index (χ4n) is 3.76. The van der Waals surface area contributed by atoms with E-state index in [0.717, 1.165) is 18.5 Å². The molecule has 0 spiro atoms. The van der Waals surface area contributed by atoms with Crippen LogP contribution in [0.1, 0.15) is 59.8 Å². The monoisotopic (exact) mass is 252 g/mol. The normalized spacial score (nSPS) is 39.8. The van der Waals surface area contributed by atoms with Gasteiger partial charge in [0.25, 0.3) is 0 Å². The first-order valence-corrected chi connectivity index (χ1v) is 7.87. The Kier molecular flexibility index (Phi) is 4.38. The molecule has 1 saturated heterocycles. The summed E-state index contributed by atoms with van der Waals surface area (Å²) >= 11 is 0. The van der Waals surface area contributed by atoms with E-state index < -0.39 is 0 Å². The molecule has 0 radical (unpaired) electrons. The van der Waals surface area contributed by atoms with Gasteiger partial charge in [-0.2, -0.15) is 0 Å². The Balaban J connectivity index is 1.83. The third-order valence-corrected chi connectivity index (χ3v) is 5.49. The van der Waals surface area contributed by atoms with E-state index in [4.69, 9.17) is 5.73 Å². The van der Waals surface area contributed by atoms with E-state index in [9.17, 15) is 0 Å². The molecular formula is C16H32N2. The third-order valence-electron chi connectivity index (χ3n) is 5.49. The van der Waals surface area contributed by atoms with E-state index in [-0.39, 0.29) is 0 Å². The predicted molar refractivity (Wildman–Crippen MR) is 78.5 cm³/mol. The van der Waals surface area contributed by atoms with E-state index in [1.54, 1.807) is 0 Å². The van der Waals surface area contributed by atoms with Crippen molar-refractivity contribution in [2.45, 2.75) is 71.9 Å². The fourth-order valence-corrected chi connectivity index (χ4v) is 3.76. The van der Waals surface area contributed by atoms with Crippen LogP contribution in [-0.4, -0.2) is 30.1 Å². The second-order valence-corrected chi connectivity index (χ2v) is 7.80. The Bertz CT molecular complexity index is 261. The molecule has 2 heteroatoms. The van der Waals surface area contributed by atoms with Crippen LogP contribution >= 0.6 is 0 Å². The van der Waals surface area contributed by atoms with Gasteiger partial charge in [-0.15, -0.1) is 0 Å². The third kappa shape index (κ3) is 3.27. The molecule has 2 fully saturated rings. The fraction of sp³-hybridized carbons (Fsp3) is 1.00. The van der Waals surface area contributed by atoms with Crippen LogP contribution < -0.4 is 5.73 Å². The van der Waals surface area contributed by atoms with Crippen molar-refractivity contribution in [2.75, 3.05) is 13.1 Å². The number of piperidine rings is 1. The summed E-state index contributed by atoms with van der Waals surface area (Å²) in [4.78, 5) is 2.68. The first-order valence-electron chi connectivity index (χ1n) is 7.87. The number of likely N-dealkylation sites (tertiary alicyclic amines) is 1. The average Bonchev–Trinajstić information content (AvgIpc) is 2.32. The minimum atomic E-state index is 0.402. The van der Waals surface area contributed by atoms with Crippen molar-refractivity contribution in [3.63, 3.8) is 0 Å². The molecule has 0 aromatic rings. The van der Waals surface area contributed by atoms with Gasteiger partial charge in [0.2, 0.25) is 0 Å². The Labute approximate surface area is 113 Å². The van der Waals surface area contributed by atoms with Crippen LogP contribution in [-0.2, 0) is 0 Å². The second-order valence-electron chi connectivity index (χ2n) is 7.80. The zero-order valence-electron chi connectivity index (χ0n) is 12.8. The summed E-state index contributed by atoms with van der Waals surface area (Å²) in [5, 5.41) is 0. The highest BCUT2D eigenvalue weighted by Gasteiger charge is 2.34. The number of nitrogens with zero attached hydrogens (tertiary/aromatic N) is 1. The maximum Gasteiger partial charge on any atom is 0.0194 e. The summed E-state index contributed by atoms with van der Waals surface area (Å²) in [6.07, 6.45) is 6.90. The van der Waals surface area contributed by atoms with Gasteiger partial charge in [-0.3, -0.25) is 4.90 Å². The highest BCUT2D eigenvalue weighted by atomic mass is 15.2. The molecule has 2 atom stereocenters. The zero-order chi connectivity index (χ0) is 13.3. The lowest BCUT2D eigenvalue weighted by molar-refractivity contribution is 0.0645. The largest absolute Gasteiger partial charge is 0.326 e. The summed E-state index contributed by atoms with van der Waals surface area (Å²) in [5.74, 6) is 1.64. The molecule has 0 aromatic heterocycles. The van der Waals surface area contributed by atoms with Gasteiger partial charge < -0.3 is 5.73 Å². The molecule has 18 heavy (non-hydrogen) atoms. The zero-order valence-corrected chi connectivity index (χ0v) is 12.8. The van der Waals surface area contributed by atoms with Crippen molar-refractivity contribution < 1.29 is 0 Å². The molecule has 2 aliphatic rings. The number of hydrogen-bond donors (Lipinski definition) is 1. The molecule has 1 aliphatic carbocycles. The molecule has 0 bridgehead atoms. The summed E-state index contributed by atoms with van der Waals surface area (Å²) in [7, 11) is 0. The van der Waals surface area contributed by atoms with Gasteiger partial charge in [0.05, 0.1) is 0 Å². The van der Waals surface area contributed by atoms with Crippen LogP contribution in [0.3, 0.4) is 0 Å². The van der Waals surface area contributed by atoms with Crippen molar-refractivity contribution in [1.29, 1.82) is 0 Å².